The Morgan fingerprint density at radius 2 is 2.15 bits per heavy atom. The molecule has 1 amide bonds. The van der Waals surface area contributed by atoms with Gasteiger partial charge in [0.05, 0.1) is 12.2 Å². The Bertz CT molecular complexity index is 985. The Morgan fingerprint density at radius 1 is 1.33 bits per heavy atom. The largest absolute Gasteiger partial charge is 0.339 e. The molecule has 140 valence electrons. The lowest BCUT2D eigenvalue weighted by atomic mass is 9.96. The van der Waals surface area contributed by atoms with Crippen LogP contribution in [0.2, 0.25) is 5.15 Å². The van der Waals surface area contributed by atoms with E-state index in [2.05, 4.69) is 20.2 Å². The maximum atomic E-state index is 12.5. The third kappa shape index (κ3) is 3.58. The van der Waals surface area contributed by atoms with Gasteiger partial charge < -0.3 is 10.6 Å². The molecule has 9 heteroatoms. The quantitative estimate of drug-likeness (QED) is 0.668. The lowest BCUT2D eigenvalue weighted by Gasteiger charge is -2.30. The molecule has 3 aromatic heterocycles. The van der Waals surface area contributed by atoms with Crippen molar-refractivity contribution in [3.8, 4) is 0 Å². The summed E-state index contributed by atoms with van der Waals surface area (Å²) in [6.45, 7) is 1.68. The van der Waals surface area contributed by atoms with Gasteiger partial charge in [-0.2, -0.15) is 5.10 Å². The highest BCUT2D eigenvalue weighted by atomic mass is 35.5. The molecule has 4 rings (SSSR count). The zero-order chi connectivity index (χ0) is 18.8. The molecule has 0 saturated carbocycles. The van der Waals surface area contributed by atoms with Gasteiger partial charge in [0.15, 0.2) is 11.0 Å². The number of carbonyl (C=O) groups is 1. The van der Waals surface area contributed by atoms with E-state index in [1.807, 2.05) is 33.7 Å². The van der Waals surface area contributed by atoms with Crippen LogP contribution in [0.4, 0.5) is 0 Å². The number of halogens is 1. The first-order chi connectivity index (χ1) is 13.2. The van der Waals surface area contributed by atoms with Crippen molar-refractivity contribution < 1.29 is 4.79 Å². The second-order valence-corrected chi connectivity index (χ2v) is 6.85. The van der Waals surface area contributed by atoms with Crippen molar-refractivity contribution in [3.05, 3.63) is 53.0 Å². The van der Waals surface area contributed by atoms with Gasteiger partial charge in [-0.1, -0.05) is 17.7 Å². The van der Waals surface area contributed by atoms with Crippen molar-refractivity contribution in [2.45, 2.75) is 25.3 Å². The molecule has 0 bridgehead atoms. The van der Waals surface area contributed by atoms with E-state index < -0.39 is 0 Å². The number of H-pyrrole nitrogens is 1. The van der Waals surface area contributed by atoms with Crippen molar-refractivity contribution in [1.82, 2.24) is 29.5 Å². The smallest absolute Gasteiger partial charge is 0.246 e. The molecule has 1 aliphatic rings. The van der Waals surface area contributed by atoms with Gasteiger partial charge >= 0.3 is 0 Å². The van der Waals surface area contributed by atoms with Crippen LogP contribution in [-0.2, 0) is 11.3 Å². The number of aromatic amines is 1. The summed E-state index contributed by atoms with van der Waals surface area (Å²) in [4.78, 5) is 23.1. The van der Waals surface area contributed by atoms with Gasteiger partial charge in [-0.05, 0) is 31.1 Å². The molecule has 0 spiro atoms. The lowest BCUT2D eigenvalue weighted by molar-refractivity contribution is -0.127. The third-order valence-electron chi connectivity index (χ3n) is 4.82. The molecule has 1 saturated heterocycles. The van der Waals surface area contributed by atoms with E-state index in [1.54, 1.807) is 12.2 Å². The average molecular weight is 386 g/mol. The fraction of sp³-hybridized carbons (Fsp3) is 0.333. The van der Waals surface area contributed by atoms with Crippen LogP contribution in [0.25, 0.3) is 11.7 Å². The number of nitrogens with two attached hydrogens (primary N) is 1. The molecule has 8 nitrogen and oxygen atoms in total. The zero-order valence-electron chi connectivity index (χ0n) is 14.7. The van der Waals surface area contributed by atoms with Crippen molar-refractivity contribution in [3.63, 3.8) is 0 Å². The standard InChI is InChI=1S/C18H20ClN7O/c19-17-13(26-8-2-1-3-15(26)22-17)4-5-16(27)25-9-6-12(7-10-25)18-21-14(11-20)23-24-18/h1-5,8,12H,6-7,9-11,20H2,(H,21,23,24)/b5-4+. The highest BCUT2D eigenvalue weighted by molar-refractivity contribution is 6.31. The van der Waals surface area contributed by atoms with Crippen molar-refractivity contribution >= 4 is 29.2 Å². The highest BCUT2D eigenvalue weighted by Gasteiger charge is 2.25. The molecule has 3 N–H and O–H groups in total. The summed E-state index contributed by atoms with van der Waals surface area (Å²) in [6.07, 6.45) is 6.81. The van der Waals surface area contributed by atoms with Gasteiger partial charge in [0.2, 0.25) is 5.91 Å². The number of imidazole rings is 1. The summed E-state index contributed by atoms with van der Waals surface area (Å²) in [7, 11) is 0. The van der Waals surface area contributed by atoms with Gasteiger partial charge in [0.25, 0.3) is 0 Å². The third-order valence-corrected chi connectivity index (χ3v) is 5.10. The Morgan fingerprint density at radius 3 is 2.89 bits per heavy atom. The molecular weight excluding hydrogens is 366 g/mol. The Hall–Kier alpha value is -2.71. The van der Waals surface area contributed by atoms with Crippen LogP contribution in [0.5, 0.6) is 0 Å². The first-order valence-electron chi connectivity index (χ1n) is 8.86. The van der Waals surface area contributed by atoms with E-state index >= 15 is 0 Å². The van der Waals surface area contributed by atoms with Crippen LogP contribution in [-0.4, -0.2) is 48.5 Å². The molecule has 0 unspecified atom stereocenters. The SMILES string of the molecule is NCc1nc(C2CCN(C(=O)/C=C/c3c(Cl)nc4ccccn34)CC2)n[nH]1. The molecule has 1 fully saturated rings. The van der Waals surface area contributed by atoms with Crippen LogP contribution in [0.15, 0.2) is 30.5 Å². The normalized spacial score (nSPS) is 15.9. The molecule has 0 atom stereocenters. The van der Waals surface area contributed by atoms with Gasteiger partial charge in [-0.3, -0.25) is 14.3 Å². The topological polar surface area (TPSA) is 105 Å². The van der Waals surface area contributed by atoms with Gasteiger partial charge in [0.1, 0.15) is 11.5 Å². The minimum Gasteiger partial charge on any atom is -0.339 e. The number of likely N-dealkylation sites (tertiary alicyclic amines) is 1. The molecule has 4 heterocycles. The summed E-state index contributed by atoms with van der Waals surface area (Å²) >= 11 is 6.20. The number of hydrogen-bond donors (Lipinski definition) is 2. The van der Waals surface area contributed by atoms with E-state index in [0.29, 0.717) is 36.3 Å². The number of pyridine rings is 1. The van der Waals surface area contributed by atoms with Crippen LogP contribution in [0.1, 0.15) is 36.1 Å². The molecule has 0 radical (unpaired) electrons. The van der Waals surface area contributed by atoms with E-state index in [1.165, 1.54) is 0 Å². The maximum Gasteiger partial charge on any atom is 0.246 e. The van der Waals surface area contributed by atoms with Gasteiger partial charge in [0, 0.05) is 31.3 Å². The molecule has 1 aliphatic heterocycles. The summed E-state index contributed by atoms with van der Waals surface area (Å²) in [5.41, 5.74) is 7.01. The number of hydrogen-bond acceptors (Lipinski definition) is 5. The number of nitrogens with one attached hydrogen (secondary N) is 1. The summed E-state index contributed by atoms with van der Waals surface area (Å²) in [5.74, 6) is 1.70. The van der Waals surface area contributed by atoms with E-state index in [4.69, 9.17) is 17.3 Å². The first-order valence-corrected chi connectivity index (χ1v) is 9.24. The maximum absolute atomic E-state index is 12.5. The monoisotopic (exact) mass is 385 g/mol. The first kappa shape index (κ1) is 17.7. The predicted octanol–water partition coefficient (Wildman–Crippen LogP) is 1.98. The van der Waals surface area contributed by atoms with Gasteiger partial charge in [-0.15, -0.1) is 0 Å². The number of nitrogens with zero attached hydrogens (tertiary/aromatic N) is 5. The molecule has 3 aromatic rings. The fourth-order valence-electron chi connectivity index (χ4n) is 3.33. The fourth-order valence-corrected chi connectivity index (χ4v) is 3.57. The minimum atomic E-state index is -0.0342. The predicted molar refractivity (Wildman–Crippen MR) is 102 cm³/mol. The Kier molecular flexibility index (Phi) is 4.91. The highest BCUT2D eigenvalue weighted by Crippen LogP contribution is 2.26. The van der Waals surface area contributed by atoms with Crippen LogP contribution in [0, 0.1) is 0 Å². The van der Waals surface area contributed by atoms with E-state index in [9.17, 15) is 4.79 Å². The van der Waals surface area contributed by atoms with Gasteiger partial charge in [-0.25, -0.2) is 9.97 Å². The number of carbonyl (C=O) groups excluding carboxylic acids is 1. The average Bonchev–Trinajstić information content (AvgIpc) is 3.30. The van der Waals surface area contributed by atoms with Crippen molar-refractivity contribution in [1.29, 1.82) is 0 Å². The number of aromatic nitrogens is 5. The summed E-state index contributed by atoms with van der Waals surface area (Å²) in [5, 5.41) is 7.45. The number of fused-ring (bicyclic) bond motifs is 1. The van der Waals surface area contributed by atoms with E-state index in [-0.39, 0.29) is 11.8 Å². The minimum absolute atomic E-state index is 0.0342. The molecule has 0 aromatic carbocycles. The Labute approximate surface area is 161 Å². The van der Waals surface area contributed by atoms with Crippen molar-refractivity contribution in [2.24, 2.45) is 5.73 Å². The molecular formula is C18H20ClN7O. The van der Waals surface area contributed by atoms with Crippen molar-refractivity contribution in [2.75, 3.05) is 13.1 Å². The molecule has 0 aliphatic carbocycles. The summed E-state index contributed by atoms with van der Waals surface area (Å²) < 4.78 is 1.86. The number of piperidine rings is 1. The zero-order valence-corrected chi connectivity index (χ0v) is 15.4. The number of rotatable bonds is 4. The van der Waals surface area contributed by atoms with Crippen LogP contribution >= 0.6 is 11.6 Å². The summed E-state index contributed by atoms with van der Waals surface area (Å²) in [6, 6.07) is 5.66. The Balaban J connectivity index is 1.40. The second kappa shape index (κ2) is 7.50. The van der Waals surface area contributed by atoms with E-state index in [0.717, 1.165) is 24.3 Å². The molecule has 27 heavy (non-hydrogen) atoms. The van der Waals surface area contributed by atoms with Crippen LogP contribution in [0.3, 0.4) is 0 Å². The number of amides is 1. The van der Waals surface area contributed by atoms with Crippen LogP contribution < -0.4 is 5.73 Å². The lowest BCUT2D eigenvalue weighted by Crippen LogP contribution is -2.37. The second-order valence-electron chi connectivity index (χ2n) is 6.49.